The average Bonchev–Trinajstić information content (AvgIpc) is 2.34. The summed E-state index contributed by atoms with van der Waals surface area (Å²) in [6.45, 7) is 0. The van der Waals surface area contributed by atoms with Gasteiger partial charge in [-0.2, -0.15) is 0 Å². The summed E-state index contributed by atoms with van der Waals surface area (Å²) in [7, 11) is 1.21. The summed E-state index contributed by atoms with van der Waals surface area (Å²) in [4.78, 5) is 10.6. The van der Waals surface area contributed by atoms with E-state index in [-0.39, 0.29) is 5.56 Å². The third-order valence-corrected chi connectivity index (χ3v) is 1.62. The summed E-state index contributed by atoms with van der Waals surface area (Å²) in [5, 5.41) is 3.62. The zero-order valence-corrected chi connectivity index (χ0v) is 6.00. The van der Waals surface area contributed by atoms with Gasteiger partial charge in [0, 0.05) is 5.38 Å². The minimum atomic E-state index is -0.657. The number of methoxy groups -OCH3 is 1. The van der Waals surface area contributed by atoms with Crippen molar-refractivity contribution in [2.75, 3.05) is 7.11 Å². The van der Waals surface area contributed by atoms with Gasteiger partial charge >= 0.3 is 5.97 Å². The van der Waals surface area contributed by atoms with Crippen molar-refractivity contribution in [3.63, 3.8) is 0 Å². The molecular formula is C6H4FO2S. The molecule has 0 saturated carbocycles. The highest BCUT2D eigenvalue weighted by Gasteiger charge is 2.11. The van der Waals surface area contributed by atoms with Crippen LogP contribution in [0.1, 0.15) is 10.4 Å². The standard InChI is InChI=1S/C6H4FO2S/c1-9-6(8)4-2-10-3-5(4)7/h2H,1H3. The molecule has 0 aliphatic rings. The number of carbonyl (C=O) groups is 1. The second kappa shape index (κ2) is 2.79. The SMILES string of the molecule is COC(=O)c1cs[c]c1F. The zero-order chi connectivity index (χ0) is 7.56. The molecular weight excluding hydrogens is 155 g/mol. The normalized spacial score (nSPS) is 9.40. The fourth-order valence-electron chi connectivity index (χ4n) is 0.495. The summed E-state index contributed by atoms with van der Waals surface area (Å²) in [5.41, 5.74) is -0.0486. The van der Waals surface area contributed by atoms with E-state index in [4.69, 9.17) is 0 Å². The Morgan fingerprint density at radius 3 is 3.00 bits per heavy atom. The molecule has 1 rings (SSSR count). The van der Waals surface area contributed by atoms with Crippen molar-refractivity contribution < 1.29 is 13.9 Å². The lowest BCUT2D eigenvalue weighted by molar-refractivity contribution is 0.0596. The van der Waals surface area contributed by atoms with Crippen LogP contribution in [0.2, 0.25) is 0 Å². The van der Waals surface area contributed by atoms with Crippen LogP contribution in [0.3, 0.4) is 0 Å². The van der Waals surface area contributed by atoms with Crippen LogP contribution < -0.4 is 0 Å². The molecule has 1 aromatic heterocycles. The van der Waals surface area contributed by atoms with Crippen molar-refractivity contribution in [2.24, 2.45) is 0 Å². The number of hydrogen-bond acceptors (Lipinski definition) is 3. The van der Waals surface area contributed by atoms with Gasteiger partial charge in [-0.3, -0.25) is 0 Å². The van der Waals surface area contributed by atoms with Crippen LogP contribution in [0.15, 0.2) is 5.38 Å². The topological polar surface area (TPSA) is 26.3 Å². The van der Waals surface area contributed by atoms with Crippen molar-refractivity contribution in [1.29, 1.82) is 0 Å². The quantitative estimate of drug-likeness (QED) is 0.580. The fraction of sp³-hybridized carbons (Fsp3) is 0.167. The minimum absolute atomic E-state index is 0.0486. The number of thiophene rings is 1. The molecule has 0 aromatic carbocycles. The Morgan fingerprint density at radius 2 is 2.60 bits per heavy atom. The maximum Gasteiger partial charge on any atom is 0.341 e. The van der Waals surface area contributed by atoms with Crippen molar-refractivity contribution in [1.82, 2.24) is 0 Å². The van der Waals surface area contributed by atoms with E-state index in [1.807, 2.05) is 0 Å². The Hall–Kier alpha value is -0.900. The molecule has 0 unspecified atom stereocenters. The van der Waals surface area contributed by atoms with E-state index in [1.54, 1.807) is 0 Å². The number of ether oxygens (including phenoxy) is 1. The first-order valence-corrected chi connectivity index (χ1v) is 3.36. The number of halogens is 1. The van der Waals surface area contributed by atoms with Gasteiger partial charge < -0.3 is 4.74 Å². The third-order valence-electron chi connectivity index (χ3n) is 0.967. The van der Waals surface area contributed by atoms with Crippen LogP contribution in [0, 0.1) is 11.2 Å². The average molecular weight is 159 g/mol. The smallest absolute Gasteiger partial charge is 0.341 e. The molecule has 0 spiro atoms. The lowest BCUT2D eigenvalue weighted by Gasteiger charge is -1.92. The predicted octanol–water partition coefficient (Wildman–Crippen LogP) is 1.47. The van der Waals surface area contributed by atoms with Crippen LogP contribution >= 0.6 is 11.3 Å². The molecule has 0 amide bonds. The van der Waals surface area contributed by atoms with E-state index < -0.39 is 11.8 Å². The molecule has 4 heteroatoms. The van der Waals surface area contributed by atoms with Gasteiger partial charge in [-0.05, 0) is 0 Å². The molecule has 1 heterocycles. The lowest BCUT2D eigenvalue weighted by atomic mass is 10.3. The van der Waals surface area contributed by atoms with Gasteiger partial charge in [0.05, 0.1) is 12.5 Å². The number of esters is 1. The monoisotopic (exact) mass is 159 g/mol. The van der Waals surface area contributed by atoms with Gasteiger partial charge in [-0.15, -0.1) is 11.3 Å². The molecule has 0 aliphatic heterocycles. The first-order valence-electron chi connectivity index (χ1n) is 2.48. The number of hydrogen-bond donors (Lipinski definition) is 0. The van der Waals surface area contributed by atoms with Crippen molar-refractivity contribution in [3.05, 3.63) is 22.1 Å². The molecule has 1 radical (unpaired) electrons. The van der Waals surface area contributed by atoms with E-state index in [9.17, 15) is 9.18 Å². The minimum Gasteiger partial charge on any atom is -0.465 e. The van der Waals surface area contributed by atoms with Gasteiger partial charge in [-0.25, -0.2) is 9.18 Å². The zero-order valence-electron chi connectivity index (χ0n) is 5.18. The second-order valence-corrected chi connectivity index (χ2v) is 2.23. The molecule has 53 valence electrons. The largest absolute Gasteiger partial charge is 0.465 e. The maximum atomic E-state index is 12.4. The van der Waals surface area contributed by atoms with Gasteiger partial charge in [0.15, 0.2) is 5.82 Å². The second-order valence-electron chi connectivity index (χ2n) is 1.56. The van der Waals surface area contributed by atoms with Crippen LogP contribution in [0.4, 0.5) is 4.39 Å². The molecule has 0 fully saturated rings. The molecule has 0 atom stereocenters. The molecule has 0 N–H and O–H groups in total. The molecule has 0 aliphatic carbocycles. The summed E-state index contributed by atoms with van der Waals surface area (Å²) in [6, 6.07) is 0. The van der Waals surface area contributed by atoms with E-state index in [1.165, 1.54) is 12.5 Å². The van der Waals surface area contributed by atoms with Crippen LogP contribution in [0.5, 0.6) is 0 Å². The Kier molecular flexibility index (Phi) is 2.01. The summed E-state index contributed by atoms with van der Waals surface area (Å²) in [6.07, 6.45) is 0. The summed E-state index contributed by atoms with van der Waals surface area (Å²) < 4.78 is 16.7. The highest BCUT2D eigenvalue weighted by Crippen LogP contribution is 2.12. The number of rotatable bonds is 1. The summed E-state index contributed by atoms with van der Waals surface area (Å²) >= 11 is 1.01. The molecule has 1 aromatic rings. The molecule has 2 nitrogen and oxygen atoms in total. The van der Waals surface area contributed by atoms with Crippen molar-refractivity contribution in [2.45, 2.75) is 0 Å². The van der Waals surface area contributed by atoms with E-state index in [0.29, 0.717) is 0 Å². The Balaban J connectivity index is 2.93. The van der Waals surface area contributed by atoms with Crippen LogP contribution in [-0.4, -0.2) is 13.1 Å². The maximum absolute atomic E-state index is 12.4. The van der Waals surface area contributed by atoms with Crippen LogP contribution in [-0.2, 0) is 4.74 Å². The van der Waals surface area contributed by atoms with Gasteiger partial charge in [0.2, 0.25) is 0 Å². The van der Waals surface area contributed by atoms with Crippen molar-refractivity contribution in [3.8, 4) is 0 Å². The Labute approximate surface area is 61.2 Å². The fourth-order valence-corrected chi connectivity index (χ4v) is 1.08. The molecule has 0 saturated heterocycles. The first-order chi connectivity index (χ1) is 4.75. The number of carbonyl (C=O) groups excluding carboxylic acids is 1. The van der Waals surface area contributed by atoms with Gasteiger partial charge in [0.25, 0.3) is 0 Å². The van der Waals surface area contributed by atoms with Crippen molar-refractivity contribution >= 4 is 17.3 Å². The lowest BCUT2D eigenvalue weighted by Crippen LogP contribution is -2.00. The van der Waals surface area contributed by atoms with E-state index in [0.717, 1.165) is 11.3 Å². The summed E-state index contributed by atoms with van der Waals surface area (Å²) in [5.74, 6) is -1.30. The highest BCUT2D eigenvalue weighted by molar-refractivity contribution is 7.07. The van der Waals surface area contributed by atoms with Gasteiger partial charge in [0.1, 0.15) is 5.56 Å². The van der Waals surface area contributed by atoms with E-state index >= 15 is 0 Å². The Bertz CT molecular complexity index is 244. The highest BCUT2D eigenvalue weighted by atomic mass is 32.1. The predicted molar refractivity (Wildman–Crippen MR) is 34.5 cm³/mol. The van der Waals surface area contributed by atoms with E-state index in [2.05, 4.69) is 10.1 Å². The third kappa shape index (κ3) is 1.16. The molecule has 0 bridgehead atoms. The Morgan fingerprint density at radius 1 is 1.90 bits per heavy atom. The first kappa shape index (κ1) is 7.21. The van der Waals surface area contributed by atoms with Crippen LogP contribution in [0.25, 0.3) is 0 Å². The van der Waals surface area contributed by atoms with Gasteiger partial charge in [-0.1, -0.05) is 0 Å². The molecule has 10 heavy (non-hydrogen) atoms.